The first kappa shape index (κ1) is 13.6. The molecule has 0 aromatic carbocycles. The van der Waals surface area contributed by atoms with Gasteiger partial charge >= 0.3 is 0 Å². The van der Waals surface area contributed by atoms with Gasteiger partial charge in [-0.1, -0.05) is 33.1 Å². The average molecular weight is 249 g/mol. The first-order chi connectivity index (χ1) is 8.68. The lowest BCUT2D eigenvalue weighted by molar-refractivity contribution is 0.371. The van der Waals surface area contributed by atoms with E-state index in [0.717, 1.165) is 31.7 Å². The second kappa shape index (κ2) is 5.87. The Labute approximate surface area is 111 Å². The van der Waals surface area contributed by atoms with Crippen molar-refractivity contribution in [2.24, 2.45) is 11.7 Å². The van der Waals surface area contributed by atoms with Gasteiger partial charge in [0.15, 0.2) is 0 Å². The summed E-state index contributed by atoms with van der Waals surface area (Å²) in [6.45, 7) is 5.47. The van der Waals surface area contributed by atoms with Crippen molar-refractivity contribution in [3.05, 3.63) is 18.0 Å². The second-order valence-corrected chi connectivity index (χ2v) is 5.85. The van der Waals surface area contributed by atoms with E-state index in [4.69, 9.17) is 5.73 Å². The van der Waals surface area contributed by atoms with Crippen LogP contribution in [-0.4, -0.2) is 9.78 Å². The number of aryl methyl sites for hydroxylation is 1. The number of nitrogens with two attached hydrogens (primary N) is 1. The molecule has 1 heterocycles. The normalized spacial score (nSPS) is 29.2. The van der Waals surface area contributed by atoms with Crippen LogP contribution in [0.2, 0.25) is 0 Å². The summed E-state index contributed by atoms with van der Waals surface area (Å²) in [4.78, 5) is 0. The van der Waals surface area contributed by atoms with Crippen LogP contribution in [0, 0.1) is 5.92 Å². The fraction of sp³-hybridized carbons (Fsp3) is 0.800. The van der Waals surface area contributed by atoms with Crippen molar-refractivity contribution in [1.29, 1.82) is 0 Å². The fourth-order valence-electron chi connectivity index (χ4n) is 3.11. The van der Waals surface area contributed by atoms with Crippen molar-refractivity contribution in [2.45, 2.75) is 70.9 Å². The molecular weight excluding hydrogens is 222 g/mol. The highest BCUT2D eigenvalue weighted by Gasteiger charge is 2.31. The topological polar surface area (TPSA) is 43.8 Å². The van der Waals surface area contributed by atoms with Gasteiger partial charge in [-0.15, -0.1) is 0 Å². The van der Waals surface area contributed by atoms with Gasteiger partial charge < -0.3 is 5.73 Å². The zero-order valence-electron chi connectivity index (χ0n) is 11.9. The number of hydrogen-bond acceptors (Lipinski definition) is 2. The molecule has 18 heavy (non-hydrogen) atoms. The second-order valence-electron chi connectivity index (χ2n) is 5.85. The van der Waals surface area contributed by atoms with E-state index >= 15 is 0 Å². The van der Waals surface area contributed by atoms with E-state index < -0.39 is 0 Å². The number of aromatic nitrogens is 2. The van der Waals surface area contributed by atoms with Crippen molar-refractivity contribution in [2.75, 3.05) is 0 Å². The predicted molar refractivity (Wildman–Crippen MR) is 75.2 cm³/mol. The molecule has 0 saturated heterocycles. The highest BCUT2D eigenvalue weighted by Crippen LogP contribution is 2.36. The molecule has 0 aliphatic heterocycles. The summed E-state index contributed by atoms with van der Waals surface area (Å²) in [5.41, 5.74) is 7.77. The molecule has 0 spiro atoms. The van der Waals surface area contributed by atoms with Crippen molar-refractivity contribution >= 4 is 0 Å². The first-order valence-corrected chi connectivity index (χ1v) is 7.49. The molecule has 1 aromatic rings. The van der Waals surface area contributed by atoms with Crippen LogP contribution in [0.25, 0.3) is 0 Å². The van der Waals surface area contributed by atoms with Gasteiger partial charge in [0.25, 0.3) is 0 Å². The molecule has 2 atom stereocenters. The fourth-order valence-corrected chi connectivity index (χ4v) is 3.11. The number of nitrogens with zero attached hydrogens (tertiary/aromatic N) is 2. The molecule has 1 aliphatic carbocycles. The lowest BCUT2D eigenvalue weighted by Gasteiger charge is -2.27. The summed E-state index contributed by atoms with van der Waals surface area (Å²) in [6.07, 6.45) is 12.7. The van der Waals surface area contributed by atoms with E-state index in [-0.39, 0.29) is 5.54 Å². The number of rotatable bonds is 4. The molecule has 0 radical (unpaired) electrons. The van der Waals surface area contributed by atoms with E-state index in [0.29, 0.717) is 0 Å². The molecule has 0 amide bonds. The third-order valence-electron chi connectivity index (χ3n) is 4.47. The minimum absolute atomic E-state index is 0.129. The van der Waals surface area contributed by atoms with Gasteiger partial charge in [-0.05, 0) is 31.6 Å². The largest absolute Gasteiger partial charge is 0.321 e. The molecule has 1 fully saturated rings. The Bertz CT molecular complexity index is 372. The molecule has 1 aliphatic rings. The molecule has 1 aromatic heterocycles. The monoisotopic (exact) mass is 249 g/mol. The van der Waals surface area contributed by atoms with Gasteiger partial charge in [-0.25, -0.2) is 0 Å². The third-order valence-corrected chi connectivity index (χ3v) is 4.47. The highest BCUT2D eigenvalue weighted by atomic mass is 15.3. The zero-order chi connectivity index (χ0) is 13.0. The summed E-state index contributed by atoms with van der Waals surface area (Å²) in [6, 6.07) is 0. The molecule has 3 heteroatoms. The predicted octanol–water partition coefficient (Wildman–Crippen LogP) is 3.44. The minimum Gasteiger partial charge on any atom is -0.321 e. The van der Waals surface area contributed by atoms with E-state index in [1.54, 1.807) is 0 Å². The Hall–Kier alpha value is -0.830. The SMILES string of the molecule is CCCn1cc(C2(N)CCCC(CC)CC2)cn1. The quantitative estimate of drug-likeness (QED) is 0.831. The molecule has 1 saturated carbocycles. The molecule has 3 nitrogen and oxygen atoms in total. The van der Waals surface area contributed by atoms with Gasteiger partial charge in [0.2, 0.25) is 0 Å². The Kier molecular flexibility index (Phi) is 4.44. The van der Waals surface area contributed by atoms with Crippen LogP contribution in [-0.2, 0) is 12.1 Å². The van der Waals surface area contributed by atoms with Gasteiger partial charge in [-0.2, -0.15) is 5.10 Å². The van der Waals surface area contributed by atoms with Crippen LogP contribution in [0.5, 0.6) is 0 Å². The summed E-state index contributed by atoms with van der Waals surface area (Å²) in [5, 5.41) is 4.43. The average Bonchev–Trinajstić information content (AvgIpc) is 2.75. The highest BCUT2D eigenvalue weighted by molar-refractivity contribution is 5.18. The maximum atomic E-state index is 6.65. The maximum absolute atomic E-state index is 6.65. The Morgan fingerprint density at radius 2 is 2.22 bits per heavy atom. The van der Waals surface area contributed by atoms with Crippen LogP contribution >= 0.6 is 0 Å². The van der Waals surface area contributed by atoms with Gasteiger partial charge in [-0.3, -0.25) is 4.68 Å². The van der Waals surface area contributed by atoms with E-state index in [9.17, 15) is 0 Å². The molecule has 102 valence electrons. The summed E-state index contributed by atoms with van der Waals surface area (Å²) in [5.74, 6) is 0.876. The van der Waals surface area contributed by atoms with Gasteiger partial charge in [0.1, 0.15) is 0 Å². The van der Waals surface area contributed by atoms with Crippen LogP contribution in [0.3, 0.4) is 0 Å². The standard InChI is InChI=1S/C15H27N3/c1-3-10-18-12-14(11-17-18)15(16)8-5-6-13(4-2)7-9-15/h11-13H,3-10,16H2,1-2H3. The van der Waals surface area contributed by atoms with Gasteiger partial charge in [0.05, 0.1) is 6.20 Å². The van der Waals surface area contributed by atoms with Crippen LogP contribution in [0.15, 0.2) is 12.4 Å². The Morgan fingerprint density at radius 3 is 2.94 bits per heavy atom. The molecule has 2 N–H and O–H groups in total. The first-order valence-electron chi connectivity index (χ1n) is 7.49. The van der Waals surface area contributed by atoms with E-state index in [1.807, 2.05) is 10.9 Å². The summed E-state index contributed by atoms with van der Waals surface area (Å²) >= 11 is 0. The van der Waals surface area contributed by atoms with Crippen LogP contribution in [0.4, 0.5) is 0 Å². The third kappa shape index (κ3) is 2.94. The van der Waals surface area contributed by atoms with Crippen molar-refractivity contribution in [3.63, 3.8) is 0 Å². The van der Waals surface area contributed by atoms with Crippen molar-refractivity contribution in [1.82, 2.24) is 9.78 Å². The maximum Gasteiger partial charge on any atom is 0.0540 e. The zero-order valence-corrected chi connectivity index (χ0v) is 11.9. The van der Waals surface area contributed by atoms with Crippen LogP contribution in [0.1, 0.15) is 64.4 Å². The molecule has 2 unspecified atom stereocenters. The van der Waals surface area contributed by atoms with Crippen molar-refractivity contribution in [3.8, 4) is 0 Å². The summed E-state index contributed by atoms with van der Waals surface area (Å²) in [7, 11) is 0. The number of hydrogen-bond donors (Lipinski definition) is 1. The van der Waals surface area contributed by atoms with Crippen molar-refractivity contribution < 1.29 is 0 Å². The lowest BCUT2D eigenvalue weighted by Crippen LogP contribution is -2.35. The molecule has 0 bridgehead atoms. The van der Waals surface area contributed by atoms with Gasteiger partial charge in [0, 0.05) is 23.8 Å². The van der Waals surface area contributed by atoms with E-state index in [2.05, 4.69) is 25.1 Å². The lowest BCUT2D eigenvalue weighted by atomic mass is 9.85. The molecule has 2 rings (SSSR count). The van der Waals surface area contributed by atoms with Crippen LogP contribution < -0.4 is 5.73 Å². The Balaban J connectivity index is 2.09. The molecular formula is C15H27N3. The smallest absolute Gasteiger partial charge is 0.0540 e. The Morgan fingerprint density at radius 1 is 1.39 bits per heavy atom. The van der Waals surface area contributed by atoms with E-state index in [1.165, 1.54) is 31.2 Å². The summed E-state index contributed by atoms with van der Waals surface area (Å²) < 4.78 is 2.03. The minimum atomic E-state index is -0.129.